The second-order valence-electron chi connectivity index (χ2n) is 3.99. The second-order valence-corrected chi connectivity index (χ2v) is 3.99. The highest BCUT2D eigenvalue weighted by atomic mass is 16.5. The molecule has 1 aromatic carbocycles. The number of nitrogen functional groups attached to an aromatic ring is 1. The van der Waals surface area contributed by atoms with Gasteiger partial charge in [0.1, 0.15) is 0 Å². The molecule has 0 spiro atoms. The number of nitrogens with two attached hydrogens (primary N) is 1. The van der Waals surface area contributed by atoms with Crippen molar-refractivity contribution < 1.29 is 19.4 Å². The number of aromatic carboxylic acids is 1. The molecule has 1 heterocycles. The van der Waals surface area contributed by atoms with E-state index in [1.807, 2.05) is 6.07 Å². The average molecular weight is 272 g/mol. The maximum Gasteiger partial charge on any atom is 0.357 e. The van der Waals surface area contributed by atoms with Gasteiger partial charge in [-0.15, -0.1) is 0 Å². The summed E-state index contributed by atoms with van der Waals surface area (Å²) in [6, 6.07) is 10.1. The van der Waals surface area contributed by atoms with Gasteiger partial charge in [-0.2, -0.15) is 0 Å². The summed E-state index contributed by atoms with van der Waals surface area (Å²) >= 11 is 0. The number of carboxylic acids is 1. The van der Waals surface area contributed by atoms with E-state index >= 15 is 0 Å². The number of carboxylic acid groups (broad SMARTS) is 1. The molecule has 0 aliphatic heterocycles. The number of benzene rings is 1. The number of hydrogen-bond acceptors (Lipinski definition) is 5. The quantitative estimate of drug-likeness (QED) is 0.826. The van der Waals surface area contributed by atoms with E-state index in [1.165, 1.54) is 6.07 Å². The van der Waals surface area contributed by atoms with Gasteiger partial charge in [0.2, 0.25) is 0 Å². The normalized spacial score (nSPS) is 10.1. The molecule has 0 aliphatic rings. The van der Waals surface area contributed by atoms with E-state index in [1.54, 1.807) is 24.3 Å². The van der Waals surface area contributed by atoms with Crippen LogP contribution >= 0.6 is 0 Å². The van der Waals surface area contributed by atoms with Gasteiger partial charge in [0, 0.05) is 5.56 Å². The lowest BCUT2D eigenvalue weighted by Gasteiger charge is -2.10. The lowest BCUT2D eigenvalue weighted by atomic mass is 10.1. The summed E-state index contributed by atoms with van der Waals surface area (Å²) < 4.78 is 4.55. The first-order chi connectivity index (χ1) is 9.54. The SMILES string of the molecule is COC(=O)c1nc(-c2ccccc2)c(N)cc1C(=O)O. The predicted octanol–water partition coefficient (Wildman–Crippen LogP) is 1.82. The zero-order valence-electron chi connectivity index (χ0n) is 10.7. The maximum atomic E-state index is 11.6. The average Bonchev–Trinajstić information content (AvgIpc) is 2.47. The van der Waals surface area contributed by atoms with Crippen molar-refractivity contribution in [2.45, 2.75) is 0 Å². The van der Waals surface area contributed by atoms with Crippen molar-refractivity contribution in [2.24, 2.45) is 0 Å². The number of aromatic nitrogens is 1. The number of rotatable bonds is 3. The van der Waals surface area contributed by atoms with Crippen LogP contribution in [0, 0.1) is 0 Å². The fourth-order valence-corrected chi connectivity index (χ4v) is 1.77. The first-order valence-electron chi connectivity index (χ1n) is 5.72. The smallest absolute Gasteiger partial charge is 0.357 e. The highest BCUT2D eigenvalue weighted by molar-refractivity contribution is 6.02. The largest absolute Gasteiger partial charge is 0.478 e. The third-order valence-corrected chi connectivity index (χ3v) is 2.71. The minimum atomic E-state index is -1.29. The molecule has 0 unspecified atom stereocenters. The Hall–Kier alpha value is -2.89. The van der Waals surface area contributed by atoms with E-state index in [0.29, 0.717) is 11.3 Å². The molecular weight excluding hydrogens is 260 g/mol. The number of carbonyl (C=O) groups excluding carboxylic acids is 1. The molecule has 0 radical (unpaired) electrons. The number of ether oxygens (including phenoxy) is 1. The van der Waals surface area contributed by atoms with Crippen LogP contribution in [-0.2, 0) is 4.74 Å². The Morgan fingerprint density at radius 1 is 1.25 bits per heavy atom. The molecule has 0 saturated carbocycles. The molecule has 6 heteroatoms. The van der Waals surface area contributed by atoms with E-state index in [2.05, 4.69) is 9.72 Å². The van der Waals surface area contributed by atoms with Crippen LogP contribution in [0.4, 0.5) is 5.69 Å². The van der Waals surface area contributed by atoms with Gasteiger partial charge >= 0.3 is 11.9 Å². The lowest BCUT2D eigenvalue weighted by Crippen LogP contribution is -2.14. The predicted molar refractivity (Wildman–Crippen MR) is 72.4 cm³/mol. The van der Waals surface area contributed by atoms with Crippen LogP contribution in [0.25, 0.3) is 11.3 Å². The third kappa shape index (κ3) is 2.44. The first-order valence-corrected chi connectivity index (χ1v) is 5.72. The standard InChI is InChI=1S/C14H12N2O4/c1-20-14(19)12-9(13(17)18)7-10(15)11(16-12)8-5-3-2-4-6-8/h2-7H,15H2,1H3,(H,17,18). The highest BCUT2D eigenvalue weighted by Gasteiger charge is 2.22. The van der Waals surface area contributed by atoms with Crippen molar-refractivity contribution in [1.82, 2.24) is 4.98 Å². The molecule has 0 aliphatic carbocycles. The number of methoxy groups -OCH3 is 1. The molecule has 2 aromatic rings. The van der Waals surface area contributed by atoms with Crippen LogP contribution in [0.3, 0.4) is 0 Å². The molecular formula is C14H12N2O4. The first kappa shape index (κ1) is 13.5. The van der Waals surface area contributed by atoms with Gasteiger partial charge in [-0.1, -0.05) is 30.3 Å². The van der Waals surface area contributed by atoms with E-state index in [4.69, 9.17) is 10.8 Å². The molecule has 6 nitrogen and oxygen atoms in total. The number of pyridine rings is 1. The van der Waals surface area contributed by atoms with Crippen molar-refractivity contribution in [3.63, 3.8) is 0 Å². The van der Waals surface area contributed by atoms with E-state index in [9.17, 15) is 9.59 Å². The zero-order chi connectivity index (χ0) is 14.7. The third-order valence-electron chi connectivity index (χ3n) is 2.71. The Bertz CT molecular complexity index is 668. The maximum absolute atomic E-state index is 11.6. The van der Waals surface area contributed by atoms with Gasteiger partial charge in [-0.05, 0) is 6.07 Å². The number of esters is 1. The molecule has 1 aromatic heterocycles. The lowest BCUT2D eigenvalue weighted by molar-refractivity contribution is 0.0576. The van der Waals surface area contributed by atoms with Gasteiger partial charge in [0.25, 0.3) is 0 Å². The molecule has 0 saturated heterocycles. The fraction of sp³-hybridized carbons (Fsp3) is 0.0714. The van der Waals surface area contributed by atoms with Crippen LogP contribution in [0.1, 0.15) is 20.8 Å². The Balaban J connectivity index is 2.67. The van der Waals surface area contributed by atoms with E-state index < -0.39 is 11.9 Å². The molecule has 102 valence electrons. The summed E-state index contributed by atoms with van der Waals surface area (Å²) in [5.74, 6) is -2.11. The number of nitrogens with zero attached hydrogens (tertiary/aromatic N) is 1. The van der Waals surface area contributed by atoms with Gasteiger partial charge in [0.05, 0.1) is 24.1 Å². The minimum Gasteiger partial charge on any atom is -0.478 e. The Labute approximate surface area is 114 Å². The van der Waals surface area contributed by atoms with Gasteiger partial charge < -0.3 is 15.6 Å². The minimum absolute atomic E-state index is 0.182. The summed E-state index contributed by atoms with van der Waals surface area (Å²) in [6.07, 6.45) is 0. The van der Waals surface area contributed by atoms with Gasteiger partial charge in [-0.25, -0.2) is 14.6 Å². The van der Waals surface area contributed by atoms with Crippen molar-refractivity contribution in [3.8, 4) is 11.3 Å². The molecule has 0 fully saturated rings. The van der Waals surface area contributed by atoms with E-state index in [0.717, 1.165) is 7.11 Å². The van der Waals surface area contributed by atoms with Crippen molar-refractivity contribution >= 4 is 17.6 Å². The molecule has 0 bridgehead atoms. The van der Waals surface area contributed by atoms with Crippen LogP contribution in [0.15, 0.2) is 36.4 Å². The second kappa shape index (κ2) is 5.40. The molecule has 3 N–H and O–H groups in total. The molecule has 2 rings (SSSR count). The van der Waals surface area contributed by atoms with Crippen LogP contribution < -0.4 is 5.73 Å². The Morgan fingerprint density at radius 3 is 2.45 bits per heavy atom. The summed E-state index contributed by atoms with van der Waals surface area (Å²) in [5.41, 5.74) is 6.48. The van der Waals surface area contributed by atoms with Crippen molar-refractivity contribution in [1.29, 1.82) is 0 Å². The van der Waals surface area contributed by atoms with Gasteiger partial charge in [-0.3, -0.25) is 0 Å². The number of hydrogen-bond donors (Lipinski definition) is 2. The summed E-state index contributed by atoms with van der Waals surface area (Å²) in [6.45, 7) is 0. The Kier molecular flexibility index (Phi) is 3.65. The topological polar surface area (TPSA) is 103 Å². The monoisotopic (exact) mass is 272 g/mol. The van der Waals surface area contributed by atoms with Crippen LogP contribution in [0.5, 0.6) is 0 Å². The summed E-state index contributed by atoms with van der Waals surface area (Å²) in [5, 5.41) is 9.09. The number of carbonyl (C=O) groups is 2. The molecule has 20 heavy (non-hydrogen) atoms. The van der Waals surface area contributed by atoms with E-state index in [-0.39, 0.29) is 16.9 Å². The Morgan fingerprint density at radius 2 is 1.90 bits per heavy atom. The van der Waals surface area contributed by atoms with Crippen molar-refractivity contribution in [2.75, 3.05) is 12.8 Å². The molecule has 0 atom stereocenters. The highest BCUT2D eigenvalue weighted by Crippen LogP contribution is 2.26. The fourth-order valence-electron chi connectivity index (χ4n) is 1.77. The van der Waals surface area contributed by atoms with Gasteiger partial charge in [0.15, 0.2) is 5.69 Å². The van der Waals surface area contributed by atoms with Crippen LogP contribution in [-0.4, -0.2) is 29.1 Å². The summed E-state index contributed by atoms with van der Waals surface area (Å²) in [4.78, 5) is 26.8. The summed E-state index contributed by atoms with van der Waals surface area (Å²) in [7, 11) is 1.16. The van der Waals surface area contributed by atoms with Crippen molar-refractivity contribution in [3.05, 3.63) is 47.7 Å². The number of anilines is 1. The van der Waals surface area contributed by atoms with Crippen LogP contribution in [0.2, 0.25) is 0 Å². The zero-order valence-corrected chi connectivity index (χ0v) is 10.7. The molecule has 0 amide bonds.